The second-order valence-electron chi connectivity index (χ2n) is 3.87. The van der Waals surface area contributed by atoms with Crippen molar-refractivity contribution in [2.24, 2.45) is 7.05 Å². The number of thiophene rings is 1. The topological polar surface area (TPSA) is 34.0 Å². The van der Waals surface area contributed by atoms with Crippen LogP contribution in [0.5, 0.6) is 0 Å². The van der Waals surface area contributed by atoms with Crippen molar-refractivity contribution in [3.8, 4) is 0 Å². The number of pyridine rings is 1. The van der Waals surface area contributed by atoms with E-state index in [2.05, 4.69) is 34.2 Å². The molecule has 0 aliphatic carbocycles. The van der Waals surface area contributed by atoms with Gasteiger partial charge in [-0.3, -0.25) is 4.79 Å². The smallest absolute Gasteiger partial charge is 0.250 e. The zero-order valence-electron chi connectivity index (χ0n) is 9.61. The van der Waals surface area contributed by atoms with Gasteiger partial charge in [0.05, 0.1) is 15.5 Å². The van der Waals surface area contributed by atoms with Gasteiger partial charge in [-0.15, -0.1) is 11.3 Å². The van der Waals surface area contributed by atoms with Crippen LogP contribution in [0.1, 0.15) is 17.8 Å². The van der Waals surface area contributed by atoms with E-state index in [0.717, 1.165) is 9.47 Å². The minimum absolute atomic E-state index is 0.00192. The highest BCUT2D eigenvalue weighted by molar-refractivity contribution is 9.11. The molecule has 0 aliphatic rings. The summed E-state index contributed by atoms with van der Waals surface area (Å²) < 4.78 is 2.70. The molecule has 3 nitrogen and oxygen atoms in total. The molecule has 0 amide bonds. The largest absolute Gasteiger partial charge is 0.377 e. The molecule has 0 fully saturated rings. The fourth-order valence-corrected chi connectivity index (χ4v) is 2.99. The van der Waals surface area contributed by atoms with Crippen molar-refractivity contribution in [2.75, 3.05) is 5.32 Å². The monoisotopic (exact) mass is 312 g/mol. The molecule has 1 N–H and O–H groups in total. The summed E-state index contributed by atoms with van der Waals surface area (Å²) in [6, 6.07) is 7.73. The third-order valence-corrected chi connectivity index (χ3v) is 4.30. The molecule has 17 heavy (non-hydrogen) atoms. The van der Waals surface area contributed by atoms with Crippen molar-refractivity contribution < 1.29 is 0 Å². The molecule has 0 saturated carbocycles. The van der Waals surface area contributed by atoms with Crippen LogP contribution in [0.3, 0.4) is 0 Å². The van der Waals surface area contributed by atoms with Crippen LogP contribution in [0.15, 0.2) is 39.0 Å². The van der Waals surface area contributed by atoms with Crippen LogP contribution in [0.2, 0.25) is 0 Å². The quantitative estimate of drug-likeness (QED) is 0.942. The lowest BCUT2D eigenvalue weighted by molar-refractivity contribution is 0.845. The Labute approximate surface area is 112 Å². The van der Waals surface area contributed by atoms with E-state index < -0.39 is 0 Å². The Balaban J connectivity index is 2.15. The second-order valence-corrected chi connectivity index (χ2v) is 6.37. The number of hydrogen-bond acceptors (Lipinski definition) is 3. The van der Waals surface area contributed by atoms with Crippen LogP contribution in [0.25, 0.3) is 0 Å². The van der Waals surface area contributed by atoms with Crippen LogP contribution >= 0.6 is 27.3 Å². The number of aryl methyl sites for hydroxylation is 1. The maximum Gasteiger partial charge on any atom is 0.250 e. The molecule has 1 atom stereocenters. The second kappa shape index (κ2) is 5.06. The lowest BCUT2D eigenvalue weighted by Gasteiger charge is -2.14. The lowest BCUT2D eigenvalue weighted by atomic mass is 10.2. The van der Waals surface area contributed by atoms with E-state index in [1.54, 1.807) is 29.0 Å². The van der Waals surface area contributed by atoms with E-state index in [1.165, 1.54) is 4.88 Å². The molecule has 0 bridgehead atoms. The molecule has 2 aromatic heterocycles. The molecule has 5 heteroatoms. The van der Waals surface area contributed by atoms with Crippen LogP contribution in [0, 0.1) is 0 Å². The molecule has 0 aromatic carbocycles. The van der Waals surface area contributed by atoms with Gasteiger partial charge in [0.1, 0.15) is 0 Å². The number of nitrogens with zero attached hydrogens (tertiary/aromatic N) is 1. The Morgan fingerprint density at radius 3 is 2.71 bits per heavy atom. The number of aromatic nitrogens is 1. The molecular formula is C12H13BrN2OS. The van der Waals surface area contributed by atoms with Gasteiger partial charge in [0.15, 0.2) is 0 Å². The summed E-state index contributed by atoms with van der Waals surface area (Å²) in [4.78, 5) is 12.5. The first-order chi connectivity index (χ1) is 8.06. The Bertz CT molecular complexity index is 576. The summed E-state index contributed by atoms with van der Waals surface area (Å²) in [5.41, 5.74) is 0.950. The molecule has 2 aromatic rings. The van der Waals surface area contributed by atoms with E-state index in [9.17, 15) is 4.79 Å². The number of hydrogen-bond donors (Lipinski definition) is 1. The normalized spacial score (nSPS) is 12.4. The lowest BCUT2D eigenvalue weighted by Crippen LogP contribution is -2.16. The van der Waals surface area contributed by atoms with Crippen molar-refractivity contribution in [1.29, 1.82) is 0 Å². The van der Waals surface area contributed by atoms with Crippen LogP contribution in [0.4, 0.5) is 5.69 Å². The number of anilines is 1. The third-order valence-electron chi connectivity index (χ3n) is 2.49. The van der Waals surface area contributed by atoms with E-state index in [-0.39, 0.29) is 11.6 Å². The Kier molecular flexibility index (Phi) is 3.69. The van der Waals surface area contributed by atoms with Crippen molar-refractivity contribution in [3.05, 3.63) is 49.5 Å². The van der Waals surface area contributed by atoms with Crippen LogP contribution in [-0.2, 0) is 7.05 Å². The highest BCUT2D eigenvalue weighted by Gasteiger charge is 2.08. The Morgan fingerprint density at radius 1 is 1.35 bits per heavy atom. The minimum Gasteiger partial charge on any atom is -0.377 e. The van der Waals surface area contributed by atoms with Gasteiger partial charge in [0, 0.05) is 24.2 Å². The first-order valence-electron chi connectivity index (χ1n) is 5.25. The highest BCUT2D eigenvalue weighted by Crippen LogP contribution is 2.28. The van der Waals surface area contributed by atoms with Gasteiger partial charge < -0.3 is 9.88 Å². The molecule has 1 unspecified atom stereocenters. The van der Waals surface area contributed by atoms with E-state index in [1.807, 2.05) is 18.3 Å². The van der Waals surface area contributed by atoms with Gasteiger partial charge in [-0.05, 0) is 41.1 Å². The van der Waals surface area contributed by atoms with Crippen LogP contribution < -0.4 is 10.9 Å². The third kappa shape index (κ3) is 2.98. The van der Waals surface area contributed by atoms with Gasteiger partial charge >= 0.3 is 0 Å². The Hall–Kier alpha value is -1.07. The molecule has 0 spiro atoms. The highest BCUT2D eigenvalue weighted by atomic mass is 79.9. The minimum atomic E-state index is 0.00192. The summed E-state index contributed by atoms with van der Waals surface area (Å²) in [6.45, 7) is 2.10. The fourth-order valence-electron chi connectivity index (χ4n) is 1.56. The first kappa shape index (κ1) is 12.4. The molecule has 2 heterocycles. The summed E-state index contributed by atoms with van der Waals surface area (Å²) in [6.07, 6.45) is 1.81. The van der Waals surface area contributed by atoms with Gasteiger partial charge in [0.25, 0.3) is 0 Å². The molecular weight excluding hydrogens is 300 g/mol. The summed E-state index contributed by atoms with van der Waals surface area (Å²) in [7, 11) is 1.75. The predicted molar refractivity (Wildman–Crippen MR) is 75.7 cm³/mol. The Morgan fingerprint density at radius 2 is 2.12 bits per heavy atom. The predicted octanol–water partition coefficient (Wildman–Crippen LogP) is 3.38. The SMILES string of the molecule is CC(Nc1ccc(=O)n(C)c1)c1ccc(Br)s1. The molecule has 0 radical (unpaired) electrons. The molecule has 0 aliphatic heterocycles. The average Bonchev–Trinajstić information content (AvgIpc) is 2.70. The number of halogens is 1. The zero-order valence-corrected chi connectivity index (χ0v) is 12.0. The van der Waals surface area contributed by atoms with Crippen LogP contribution in [-0.4, -0.2) is 4.57 Å². The van der Waals surface area contributed by atoms with Crippen molar-refractivity contribution >= 4 is 33.0 Å². The standard InChI is InChI=1S/C12H13BrN2OS/c1-8(10-4-5-11(13)17-10)14-9-3-6-12(16)15(2)7-9/h3-8,14H,1-2H3. The van der Waals surface area contributed by atoms with Gasteiger partial charge in [-0.2, -0.15) is 0 Å². The van der Waals surface area contributed by atoms with Gasteiger partial charge in [0.2, 0.25) is 5.56 Å². The molecule has 90 valence electrons. The van der Waals surface area contributed by atoms with Crippen molar-refractivity contribution in [2.45, 2.75) is 13.0 Å². The van der Waals surface area contributed by atoms with Crippen molar-refractivity contribution in [1.82, 2.24) is 4.57 Å². The maximum absolute atomic E-state index is 11.3. The molecule has 0 saturated heterocycles. The van der Waals surface area contributed by atoms with Gasteiger partial charge in [-0.25, -0.2) is 0 Å². The van der Waals surface area contributed by atoms with Gasteiger partial charge in [-0.1, -0.05) is 0 Å². The summed E-state index contributed by atoms with van der Waals surface area (Å²) in [5, 5.41) is 3.37. The van der Waals surface area contributed by atoms with Crippen molar-refractivity contribution in [3.63, 3.8) is 0 Å². The first-order valence-corrected chi connectivity index (χ1v) is 6.85. The number of rotatable bonds is 3. The maximum atomic E-state index is 11.3. The van der Waals surface area contributed by atoms with E-state index in [0.29, 0.717) is 0 Å². The summed E-state index contributed by atoms with van der Waals surface area (Å²) >= 11 is 5.16. The molecule has 2 rings (SSSR count). The average molecular weight is 313 g/mol. The van der Waals surface area contributed by atoms with E-state index in [4.69, 9.17) is 0 Å². The van der Waals surface area contributed by atoms with E-state index >= 15 is 0 Å². The summed E-state index contributed by atoms with van der Waals surface area (Å²) in [5.74, 6) is 0. The number of nitrogens with one attached hydrogen (secondary N) is 1. The zero-order chi connectivity index (χ0) is 12.4. The fraction of sp³-hybridized carbons (Fsp3) is 0.250.